The summed E-state index contributed by atoms with van der Waals surface area (Å²) >= 11 is 0. The number of hydrogen-bond donors (Lipinski definition) is 1. The Balaban J connectivity index is 2.09. The minimum absolute atomic E-state index is 0.480. The maximum absolute atomic E-state index is 9.47. The molecule has 0 aromatic heterocycles. The highest BCUT2D eigenvalue weighted by Gasteiger charge is 2.22. The van der Waals surface area contributed by atoms with E-state index in [2.05, 4.69) is 0 Å². The Morgan fingerprint density at radius 2 is 2.12 bits per heavy atom. The van der Waals surface area contributed by atoms with Crippen LogP contribution in [0.25, 0.3) is 0 Å². The van der Waals surface area contributed by atoms with Crippen LogP contribution in [0.5, 0.6) is 11.5 Å². The second-order valence-corrected chi connectivity index (χ2v) is 4.34. The van der Waals surface area contributed by atoms with E-state index in [1.54, 1.807) is 14.0 Å². The van der Waals surface area contributed by atoms with Gasteiger partial charge in [-0.3, -0.25) is 0 Å². The molecule has 0 aliphatic heterocycles. The predicted octanol–water partition coefficient (Wildman–Crippen LogP) is 2.54. The van der Waals surface area contributed by atoms with Crippen molar-refractivity contribution in [3.63, 3.8) is 0 Å². The van der Waals surface area contributed by atoms with Crippen molar-refractivity contribution in [3.05, 3.63) is 23.8 Å². The summed E-state index contributed by atoms with van der Waals surface area (Å²) in [6, 6.07) is 5.56. The van der Waals surface area contributed by atoms with Crippen molar-refractivity contribution < 1.29 is 14.6 Å². The molecule has 1 aliphatic carbocycles. The molecule has 1 fully saturated rings. The molecule has 1 aromatic carbocycles. The summed E-state index contributed by atoms with van der Waals surface area (Å²) < 4.78 is 10.9. The van der Waals surface area contributed by atoms with Crippen molar-refractivity contribution in [1.29, 1.82) is 0 Å². The molecule has 1 aliphatic rings. The molecule has 0 heterocycles. The van der Waals surface area contributed by atoms with Crippen molar-refractivity contribution in [2.24, 2.45) is 5.92 Å². The van der Waals surface area contributed by atoms with Crippen molar-refractivity contribution in [2.75, 3.05) is 13.7 Å². The van der Waals surface area contributed by atoms with Crippen molar-refractivity contribution in [1.82, 2.24) is 0 Å². The summed E-state index contributed by atoms with van der Waals surface area (Å²) in [5.41, 5.74) is 0.843. The molecule has 16 heavy (non-hydrogen) atoms. The fraction of sp³-hybridized carbons (Fsp3) is 0.538. The van der Waals surface area contributed by atoms with E-state index in [0.29, 0.717) is 5.75 Å². The normalized spacial score (nSPS) is 16.9. The molecule has 1 atom stereocenters. The summed E-state index contributed by atoms with van der Waals surface area (Å²) in [6.07, 6.45) is 2.06. The van der Waals surface area contributed by atoms with E-state index in [0.717, 1.165) is 23.8 Å². The van der Waals surface area contributed by atoms with Gasteiger partial charge in [0.05, 0.1) is 19.8 Å². The monoisotopic (exact) mass is 222 g/mol. The molecule has 0 saturated heterocycles. The fourth-order valence-electron chi connectivity index (χ4n) is 1.56. The third-order valence-electron chi connectivity index (χ3n) is 2.84. The number of benzene rings is 1. The highest BCUT2D eigenvalue weighted by atomic mass is 16.5. The molecule has 0 spiro atoms. The molecule has 1 aromatic rings. The van der Waals surface area contributed by atoms with Gasteiger partial charge in [-0.2, -0.15) is 0 Å². The van der Waals surface area contributed by atoms with Gasteiger partial charge in [-0.15, -0.1) is 0 Å². The Kier molecular flexibility index (Phi) is 3.34. The van der Waals surface area contributed by atoms with Gasteiger partial charge in [0, 0.05) is 0 Å². The minimum atomic E-state index is -0.480. The highest BCUT2D eigenvalue weighted by molar-refractivity contribution is 5.43. The van der Waals surface area contributed by atoms with Crippen LogP contribution >= 0.6 is 0 Å². The highest BCUT2D eigenvalue weighted by Crippen LogP contribution is 2.34. The smallest absolute Gasteiger partial charge is 0.161 e. The summed E-state index contributed by atoms with van der Waals surface area (Å²) in [5.74, 6) is 2.18. The van der Waals surface area contributed by atoms with Crippen molar-refractivity contribution in [2.45, 2.75) is 25.9 Å². The van der Waals surface area contributed by atoms with Gasteiger partial charge in [0.2, 0.25) is 0 Å². The molecular weight excluding hydrogens is 204 g/mol. The maximum Gasteiger partial charge on any atom is 0.161 e. The Hall–Kier alpha value is -1.22. The summed E-state index contributed by atoms with van der Waals surface area (Å²) in [5, 5.41) is 9.47. The van der Waals surface area contributed by atoms with Gasteiger partial charge in [0.25, 0.3) is 0 Å². The van der Waals surface area contributed by atoms with Crippen molar-refractivity contribution >= 4 is 0 Å². The first-order chi connectivity index (χ1) is 7.70. The van der Waals surface area contributed by atoms with E-state index in [4.69, 9.17) is 9.47 Å². The topological polar surface area (TPSA) is 38.7 Å². The minimum Gasteiger partial charge on any atom is -0.493 e. The Morgan fingerprint density at radius 3 is 2.69 bits per heavy atom. The standard InChI is InChI=1S/C13H18O3/c1-9(14)11-5-6-12(13(7-11)15-2)16-8-10-3-4-10/h5-7,9-10,14H,3-4,8H2,1-2H3. The van der Waals surface area contributed by atoms with Crippen LogP contribution in [-0.2, 0) is 0 Å². The Morgan fingerprint density at radius 1 is 1.38 bits per heavy atom. The molecule has 3 nitrogen and oxygen atoms in total. The first-order valence-corrected chi connectivity index (χ1v) is 5.69. The zero-order valence-corrected chi connectivity index (χ0v) is 9.77. The Bertz CT molecular complexity index is 356. The lowest BCUT2D eigenvalue weighted by molar-refractivity contribution is 0.198. The van der Waals surface area contributed by atoms with E-state index in [-0.39, 0.29) is 0 Å². The summed E-state index contributed by atoms with van der Waals surface area (Å²) in [6.45, 7) is 2.50. The number of rotatable bonds is 5. The van der Waals surface area contributed by atoms with Crippen LogP contribution in [0.3, 0.4) is 0 Å². The second kappa shape index (κ2) is 4.74. The third-order valence-corrected chi connectivity index (χ3v) is 2.84. The van der Waals surface area contributed by atoms with Gasteiger partial charge in [0.1, 0.15) is 0 Å². The summed E-state index contributed by atoms with van der Waals surface area (Å²) in [4.78, 5) is 0. The van der Waals surface area contributed by atoms with Crippen LogP contribution in [0, 0.1) is 5.92 Å². The van der Waals surface area contributed by atoms with Crippen LogP contribution in [0.15, 0.2) is 18.2 Å². The molecule has 1 unspecified atom stereocenters. The third kappa shape index (κ3) is 2.67. The quantitative estimate of drug-likeness (QED) is 0.832. The lowest BCUT2D eigenvalue weighted by atomic mass is 10.1. The molecule has 88 valence electrons. The van der Waals surface area contributed by atoms with Gasteiger partial charge >= 0.3 is 0 Å². The van der Waals surface area contributed by atoms with Crippen molar-refractivity contribution in [3.8, 4) is 11.5 Å². The van der Waals surface area contributed by atoms with E-state index < -0.39 is 6.10 Å². The SMILES string of the molecule is COc1cc(C(C)O)ccc1OCC1CC1. The van der Waals surface area contributed by atoms with Gasteiger partial charge in [-0.25, -0.2) is 0 Å². The number of aliphatic hydroxyl groups excluding tert-OH is 1. The summed E-state index contributed by atoms with van der Waals surface area (Å²) in [7, 11) is 1.62. The number of hydrogen-bond acceptors (Lipinski definition) is 3. The van der Waals surface area contributed by atoms with Crippen LogP contribution in [-0.4, -0.2) is 18.8 Å². The van der Waals surface area contributed by atoms with Crippen LogP contribution in [0.1, 0.15) is 31.4 Å². The molecule has 0 amide bonds. The van der Waals surface area contributed by atoms with Gasteiger partial charge in [0.15, 0.2) is 11.5 Å². The maximum atomic E-state index is 9.47. The first kappa shape index (κ1) is 11.3. The van der Waals surface area contributed by atoms with Crippen LogP contribution < -0.4 is 9.47 Å². The van der Waals surface area contributed by atoms with Crippen LogP contribution in [0.2, 0.25) is 0 Å². The average molecular weight is 222 g/mol. The number of ether oxygens (including phenoxy) is 2. The second-order valence-electron chi connectivity index (χ2n) is 4.34. The van der Waals surface area contributed by atoms with Gasteiger partial charge in [-0.1, -0.05) is 6.07 Å². The van der Waals surface area contributed by atoms with E-state index in [9.17, 15) is 5.11 Å². The number of aliphatic hydroxyl groups is 1. The largest absolute Gasteiger partial charge is 0.493 e. The lowest BCUT2D eigenvalue weighted by Gasteiger charge is -2.13. The van der Waals surface area contributed by atoms with Crippen LogP contribution in [0.4, 0.5) is 0 Å². The van der Waals surface area contributed by atoms with E-state index in [1.807, 2.05) is 18.2 Å². The van der Waals surface area contributed by atoms with Gasteiger partial charge < -0.3 is 14.6 Å². The molecule has 2 rings (SSSR count). The van der Waals surface area contributed by atoms with E-state index >= 15 is 0 Å². The van der Waals surface area contributed by atoms with E-state index in [1.165, 1.54) is 12.8 Å². The molecule has 1 saturated carbocycles. The lowest BCUT2D eigenvalue weighted by Crippen LogP contribution is -2.01. The number of methoxy groups -OCH3 is 1. The molecule has 3 heteroatoms. The molecular formula is C13H18O3. The van der Waals surface area contributed by atoms with Gasteiger partial charge in [-0.05, 0) is 43.4 Å². The zero-order chi connectivity index (χ0) is 11.5. The molecule has 0 bridgehead atoms. The predicted molar refractivity (Wildman–Crippen MR) is 61.8 cm³/mol. The molecule has 1 N–H and O–H groups in total. The zero-order valence-electron chi connectivity index (χ0n) is 9.77. The average Bonchev–Trinajstić information content (AvgIpc) is 3.09. The molecule has 0 radical (unpaired) electrons. The first-order valence-electron chi connectivity index (χ1n) is 5.69. The fourth-order valence-corrected chi connectivity index (χ4v) is 1.56. The Labute approximate surface area is 96.0 Å².